The number of rotatable bonds is 7. The van der Waals surface area contributed by atoms with Crippen molar-refractivity contribution in [1.82, 2.24) is 10.0 Å². The number of amides is 1. The monoisotopic (exact) mass is 354 g/mol. The molecule has 1 amide bonds. The van der Waals surface area contributed by atoms with Crippen molar-refractivity contribution in [3.8, 4) is 0 Å². The zero-order chi connectivity index (χ0) is 17.6. The molecule has 0 spiro atoms. The van der Waals surface area contributed by atoms with Gasteiger partial charge in [-0.05, 0) is 45.2 Å². The minimum absolute atomic E-state index is 0.0195. The van der Waals surface area contributed by atoms with Crippen molar-refractivity contribution in [3.63, 3.8) is 0 Å². The summed E-state index contributed by atoms with van der Waals surface area (Å²) in [7, 11) is -3.54. The van der Waals surface area contributed by atoms with E-state index in [1.165, 1.54) is 24.2 Å². The van der Waals surface area contributed by atoms with Gasteiger partial charge in [-0.25, -0.2) is 13.1 Å². The SMILES string of the molecule is Cc1ccc(S(=O)(=O)NCC(C)NC(=O)C[NH+]2CCCCC2)cc1. The van der Waals surface area contributed by atoms with Crippen molar-refractivity contribution in [2.75, 3.05) is 26.2 Å². The van der Waals surface area contributed by atoms with Crippen molar-refractivity contribution >= 4 is 15.9 Å². The van der Waals surface area contributed by atoms with Gasteiger partial charge >= 0.3 is 0 Å². The van der Waals surface area contributed by atoms with Gasteiger partial charge in [-0.15, -0.1) is 0 Å². The maximum absolute atomic E-state index is 12.2. The lowest BCUT2D eigenvalue weighted by atomic mass is 10.1. The van der Waals surface area contributed by atoms with E-state index in [0.717, 1.165) is 18.7 Å². The molecule has 0 aromatic heterocycles. The van der Waals surface area contributed by atoms with Gasteiger partial charge < -0.3 is 10.2 Å². The third-order valence-electron chi connectivity index (χ3n) is 4.29. The van der Waals surface area contributed by atoms with E-state index in [-0.39, 0.29) is 23.4 Å². The molecule has 1 unspecified atom stereocenters. The Kier molecular flexibility index (Phi) is 6.77. The smallest absolute Gasteiger partial charge is 0.275 e. The summed E-state index contributed by atoms with van der Waals surface area (Å²) in [5.41, 5.74) is 1.01. The quantitative estimate of drug-likeness (QED) is 0.637. The van der Waals surface area contributed by atoms with Gasteiger partial charge in [0.1, 0.15) is 0 Å². The van der Waals surface area contributed by atoms with Crippen LogP contribution < -0.4 is 14.9 Å². The minimum atomic E-state index is -3.54. The Balaban J connectivity index is 1.78. The molecule has 0 aliphatic carbocycles. The first-order valence-electron chi connectivity index (χ1n) is 8.56. The first kappa shape index (κ1) is 18.9. The summed E-state index contributed by atoms with van der Waals surface area (Å²) in [5.74, 6) is -0.0195. The zero-order valence-corrected chi connectivity index (χ0v) is 15.3. The molecule has 6 nitrogen and oxygen atoms in total. The van der Waals surface area contributed by atoms with E-state index in [2.05, 4.69) is 10.0 Å². The van der Waals surface area contributed by atoms with Crippen LogP contribution in [0, 0.1) is 6.92 Å². The van der Waals surface area contributed by atoms with Gasteiger partial charge in [0.2, 0.25) is 10.0 Å². The third kappa shape index (κ3) is 5.89. The van der Waals surface area contributed by atoms with E-state index in [9.17, 15) is 13.2 Å². The van der Waals surface area contributed by atoms with E-state index in [4.69, 9.17) is 0 Å². The highest BCUT2D eigenvalue weighted by molar-refractivity contribution is 7.89. The standard InChI is InChI=1S/C17H27N3O3S/c1-14-6-8-16(9-7-14)24(22,23)18-12-15(2)19-17(21)13-20-10-4-3-5-11-20/h6-9,15,18H,3-5,10-13H2,1-2H3,(H,19,21)/p+1. The Hall–Kier alpha value is -1.44. The fourth-order valence-electron chi connectivity index (χ4n) is 2.87. The summed E-state index contributed by atoms with van der Waals surface area (Å²) in [6.07, 6.45) is 3.60. The summed E-state index contributed by atoms with van der Waals surface area (Å²) < 4.78 is 27.0. The first-order chi connectivity index (χ1) is 11.4. The first-order valence-corrected chi connectivity index (χ1v) is 10.0. The molecule has 0 saturated carbocycles. The van der Waals surface area contributed by atoms with Crippen molar-refractivity contribution < 1.29 is 18.1 Å². The topological polar surface area (TPSA) is 79.7 Å². The molecule has 1 aliphatic heterocycles. The van der Waals surface area contributed by atoms with Crippen LogP contribution in [-0.2, 0) is 14.8 Å². The van der Waals surface area contributed by atoms with Gasteiger partial charge in [0.05, 0.1) is 18.0 Å². The van der Waals surface area contributed by atoms with Crippen molar-refractivity contribution in [3.05, 3.63) is 29.8 Å². The number of aryl methyl sites for hydroxylation is 1. The number of nitrogens with one attached hydrogen (secondary N) is 3. The average Bonchev–Trinajstić information content (AvgIpc) is 2.54. The Morgan fingerprint density at radius 2 is 1.79 bits per heavy atom. The Bertz CT molecular complexity index is 638. The molecule has 7 heteroatoms. The molecule has 1 fully saturated rings. The van der Waals surface area contributed by atoms with E-state index >= 15 is 0 Å². The summed E-state index contributed by atoms with van der Waals surface area (Å²) in [5, 5.41) is 2.87. The number of sulfonamides is 1. The Morgan fingerprint density at radius 3 is 2.42 bits per heavy atom. The molecule has 1 atom stereocenters. The normalized spacial score (nSPS) is 17.4. The second kappa shape index (κ2) is 8.60. The second-order valence-electron chi connectivity index (χ2n) is 6.62. The highest BCUT2D eigenvalue weighted by Gasteiger charge is 2.19. The van der Waals surface area contributed by atoms with Gasteiger partial charge in [-0.1, -0.05) is 17.7 Å². The number of hydrogen-bond acceptors (Lipinski definition) is 3. The van der Waals surface area contributed by atoms with Gasteiger partial charge in [-0.2, -0.15) is 0 Å². The van der Waals surface area contributed by atoms with Crippen LogP contribution in [0.25, 0.3) is 0 Å². The summed E-state index contributed by atoms with van der Waals surface area (Å²) in [6, 6.07) is 6.45. The molecule has 134 valence electrons. The molecule has 24 heavy (non-hydrogen) atoms. The largest absolute Gasteiger partial charge is 0.347 e. The number of hydrogen-bond donors (Lipinski definition) is 3. The van der Waals surface area contributed by atoms with Crippen LogP contribution in [0.15, 0.2) is 29.2 Å². The van der Waals surface area contributed by atoms with Crippen LogP contribution >= 0.6 is 0 Å². The molecular formula is C17H28N3O3S+. The zero-order valence-electron chi connectivity index (χ0n) is 14.5. The summed E-state index contributed by atoms with van der Waals surface area (Å²) in [6.45, 7) is 6.45. The predicted molar refractivity (Wildman–Crippen MR) is 93.4 cm³/mol. The number of carbonyl (C=O) groups is 1. The van der Waals surface area contributed by atoms with Crippen LogP contribution in [0.1, 0.15) is 31.7 Å². The van der Waals surface area contributed by atoms with Gasteiger partial charge in [0.25, 0.3) is 5.91 Å². The maximum atomic E-state index is 12.2. The number of quaternary nitrogens is 1. The lowest BCUT2D eigenvalue weighted by Gasteiger charge is -2.23. The van der Waals surface area contributed by atoms with Crippen molar-refractivity contribution in [2.24, 2.45) is 0 Å². The van der Waals surface area contributed by atoms with Gasteiger partial charge in [0, 0.05) is 12.6 Å². The van der Waals surface area contributed by atoms with E-state index in [0.29, 0.717) is 6.54 Å². The van der Waals surface area contributed by atoms with E-state index in [1.54, 1.807) is 31.2 Å². The van der Waals surface area contributed by atoms with Crippen LogP contribution in [0.4, 0.5) is 0 Å². The molecule has 1 aromatic carbocycles. The number of benzene rings is 1. The van der Waals surface area contributed by atoms with Crippen LogP contribution in [-0.4, -0.2) is 46.5 Å². The fraction of sp³-hybridized carbons (Fsp3) is 0.588. The number of likely N-dealkylation sites (tertiary alicyclic amines) is 1. The summed E-state index contributed by atoms with van der Waals surface area (Å²) >= 11 is 0. The molecular weight excluding hydrogens is 326 g/mol. The average molecular weight is 354 g/mol. The number of carbonyl (C=O) groups excluding carboxylic acids is 1. The molecule has 0 radical (unpaired) electrons. The lowest BCUT2D eigenvalue weighted by Crippen LogP contribution is -3.14. The highest BCUT2D eigenvalue weighted by Crippen LogP contribution is 2.09. The molecule has 1 saturated heterocycles. The van der Waals surface area contributed by atoms with E-state index < -0.39 is 10.0 Å². The second-order valence-corrected chi connectivity index (χ2v) is 8.39. The van der Waals surface area contributed by atoms with E-state index in [1.807, 2.05) is 6.92 Å². The molecule has 1 aromatic rings. The molecule has 1 heterocycles. The molecule has 3 N–H and O–H groups in total. The Labute approximate surface area is 144 Å². The minimum Gasteiger partial charge on any atom is -0.347 e. The number of piperidine rings is 1. The fourth-order valence-corrected chi connectivity index (χ4v) is 4.00. The van der Waals surface area contributed by atoms with Crippen LogP contribution in [0.5, 0.6) is 0 Å². The van der Waals surface area contributed by atoms with Crippen molar-refractivity contribution in [2.45, 2.75) is 44.0 Å². The summed E-state index contributed by atoms with van der Waals surface area (Å²) in [4.78, 5) is 13.6. The van der Waals surface area contributed by atoms with Gasteiger partial charge in [-0.3, -0.25) is 4.79 Å². The van der Waals surface area contributed by atoms with Crippen molar-refractivity contribution in [1.29, 1.82) is 0 Å². The van der Waals surface area contributed by atoms with Crippen LogP contribution in [0.2, 0.25) is 0 Å². The molecule has 1 aliphatic rings. The van der Waals surface area contributed by atoms with Gasteiger partial charge in [0.15, 0.2) is 6.54 Å². The molecule has 0 bridgehead atoms. The maximum Gasteiger partial charge on any atom is 0.275 e. The third-order valence-corrected chi connectivity index (χ3v) is 5.73. The predicted octanol–water partition coefficient (Wildman–Crippen LogP) is -0.153. The molecule has 2 rings (SSSR count). The van der Waals surface area contributed by atoms with Crippen LogP contribution in [0.3, 0.4) is 0 Å². The Morgan fingerprint density at radius 1 is 1.17 bits per heavy atom. The highest BCUT2D eigenvalue weighted by atomic mass is 32.2. The lowest BCUT2D eigenvalue weighted by molar-refractivity contribution is -0.896.